The molecule has 2 aromatic carbocycles. The maximum Gasteiger partial charge on any atom is 0.268 e. The van der Waals surface area contributed by atoms with Crippen molar-refractivity contribution in [3.05, 3.63) is 65.9 Å². The van der Waals surface area contributed by atoms with Crippen molar-refractivity contribution in [1.29, 1.82) is 0 Å². The van der Waals surface area contributed by atoms with Crippen LogP contribution in [0.4, 0.5) is 5.69 Å². The summed E-state index contributed by atoms with van der Waals surface area (Å²) in [6, 6.07) is 17.8. The standard InChI is InChI=1S/C28H35N3O3/c1-3-4-15-31-25-14-13-23(30-27(32)21-11-8-12-24(17-21)34-2)16-22(25)18-26(31)28(33)29-19-20-9-6-5-7-10-20/h5-7,9-10,13-14,16,18,21,24H,3-4,8,11-12,15,17,19H2,1-2H3,(H,29,33)(H,30,32)/t21-,24+/m1/s1. The largest absolute Gasteiger partial charge is 0.381 e. The van der Waals surface area contributed by atoms with Gasteiger partial charge in [-0.25, -0.2) is 0 Å². The van der Waals surface area contributed by atoms with Gasteiger partial charge < -0.3 is 19.9 Å². The topological polar surface area (TPSA) is 72.4 Å². The fourth-order valence-corrected chi connectivity index (χ4v) is 4.80. The Morgan fingerprint density at radius 3 is 2.68 bits per heavy atom. The number of ether oxygens (including phenoxy) is 1. The molecule has 3 aromatic rings. The summed E-state index contributed by atoms with van der Waals surface area (Å²) in [4.78, 5) is 26.0. The van der Waals surface area contributed by atoms with E-state index < -0.39 is 0 Å². The van der Waals surface area contributed by atoms with Crippen LogP contribution in [-0.2, 0) is 22.6 Å². The van der Waals surface area contributed by atoms with E-state index in [4.69, 9.17) is 4.74 Å². The molecule has 2 atom stereocenters. The number of nitrogens with zero attached hydrogens (tertiary/aromatic N) is 1. The van der Waals surface area contributed by atoms with Gasteiger partial charge in [0.2, 0.25) is 5.91 Å². The van der Waals surface area contributed by atoms with Gasteiger partial charge in [-0.15, -0.1) is 0 Å². The number of carbonyl (C=O) groups is 2. The molecule has 2 amide bonds. The van der Waals surface area contributed by atoms with Crippen molar-refractivity contribution < 1.29 is 14.3 Å². The zero-order valence-corrected chi connectivity index (χ0v) is 20.2. The average Bonchev–Trinajstić information content (AvgIpc) is 3.24. The summed E-state index contributed by atoms with van der Waals surface area (Å²) in [5.74, 6) is -0.0650. The van der Waals surface area contributed by atoms with Gasteiger partial charge in [0.25, 0.3) is 5.91 Å². The van der Waals surface area contributed by atoms with Crippen LogP contribution in [0.5, 0.6) is 0 Å². The molecule has 2 N–H and O–H groups in total. The number of hydrogen-bond donors (Lipinski definition) is 2. The van der Waals surface area contributed by atoms with Crippen LogP contribution in [0.2, 0.25) is 0 Å². The van der Waals surface area contributed by atoms with Crippen molar-refractivity contribution in [2.45, 2.75) is 64.6 Å². The summed E-state index contributed by atoms with van der Waals surface area (Å²) in [5, 5.41) is 7.10. The third-order valence-corrected chi connectivity index (χ3v) is 6.76. The van der Waals surface area contributed by atoms with E-state index in [9.17, 15) is 9.59 Å². The number of aryl methyl sites for hydroxylation is 1. The van der Waals surface area contributed by atoms with E-state index in [2.05, 4.69) is 22.1 Å². The summed E-state index contributed by atoms with van der Waals surface area (Å²) in [6.45, 7) is 3.41. The van der Waals surface area contributed by atoms with Gasteiger partial charge in [0.05, 0.1) is 6.10 Å². The molecular formula is C28H35N3O3. The maximum absolute atomic E-state index is 13.1. The minimum absolute atomic E-state index is 0.0251. The van der Waals surface area contributed by atoms with Crippen LogP contribution in [0.3, 0.4) is 0 Å². The first kappa shape index (κ1) is 24.0. The quantitative estimate of drug-likeness (QED) is 0.441. The van der Waals surface area contributed by atoms with Gasteiger partial charge in [-0.05, 0) is 55.5 Å². The number of nitrogens with one attached hydrogen (secondary N) is 2. The third-order valence-electron chi connectivity index (χ3n) is 6.76. The summed E-state index contributed by atoms with van der Waals surface area (Å²) in [5.41, 5.74) is 3.49. The van der Waals surface area contributed by atoms with E-state index >= 15 is 0 Å². The minimum Gasteiger partial charge on any atom is -0.381 e. The molecular weight excluding hydrogens is 426 g/mol. The smallest absolute Gasteiger partial charge is 0.268 e. The van der Waals surface area contributed by atoms with E-state index in [-0.39, 0.29) is 23.8 Å². The highest BCUT2D eigenvalue weighted by atomic mass is 16.5. The second-order valence-corrected chi connectivity index (χ2v) is 9.19. The first-order valence-electron chi connectivity index (χ1n) is 12.4. The lowest BCUT2D eigenvalue weighted by Crippen LogP contribution is -2.30. The Morgan fingerprint density at radius 1 is 1.09 bits per heavy atom. The number of rotatable bonds is 9. The number of benzene rings is 2. The Bertz CT molecular complexity index is 1120. The molecule has 1 aliphatic carbocycles. The lowest BCUT2D eigenvalue weighted by atomic mass is 9.86. The second kappa shape index (κ2) is 11.3. The van der Waals surface area contributed by atoms with Crippen molar-refractivity contribution >= 4 is 28.4 Å². The SMILES string of the molecule is CCCCn1c(C(=O)NCc2ccccc2)cc2cc(NC(=O)[C@@H]3CCC[C@H](OC)C3)ccc21. The number of carbonyl (C=O) groups excluding carboxylic acids is 2. The molecule has 0 radical (unpaired) electrons. The number of amides is 2. The highest BCUT2D eigenvalue weighted by Crippen LogP contribution is 2.29. The fraction of sp³-hybridized carbons (Fsp3) is 0.429. The number of hydrogen-bond acceptors (Lipinski definition) is 3. The molecule has 1 saturated carbocycles. The molecule has 1 heterocycles. The average molecular weight is 462 g/mol. The molecule has 6 nitrogen and oxygen atoms in total. The molecule has 1 aliphatic rings. The molecule has 0 aliphatic heterocycles. The van der Waals surface area contributed by atoms with Crippen molar-refractivity contribution in [1.82, 2.24) is 9.88 Å². The molecule has 180 valence electrons. The zero-order chi connectivity index (χ0) is 23.9. The van der Waals surface area contributed by atoms with E-state index in [0.717, 1.165) is 67.2 Å². The predicted octanol–water partition coefficient (Wildman–Crippen LogP) is 5.52. The summed E-state index contributed by atoms with van der Waals surface area (Å²) >= 11 is 0. The third kappa shape index (κ3) is 5.68. The van der Waals surface area contributed by atoms with Gasteiger partial charge in [-0.1, -0.05) is 50.1 Å². The van der Waals surface area contributed by atoms with Crippen molar-refractivity contribution in [3.63, 3.8) is 0 Å². The van der Waals surface area contributed by atoms with Gasteiger partial charge in [0.1, 0.15) is 5.69 Å². The van der Waals surface area contributed by atoms with Crippen LogP contribution in [0.15, 0.2) is 54.6 Å². The molecule has 0 spiro atoms. The first-order valence-corrected chi connectivity index (χ1v) is 12.4. The molecule has 1 fully saturated rings. The van der Waals surface area contributed by atoms with Crippen LogP contribution < -0.4 is 10.6 Å². The van der Waals surface area contributed by atoms with Gasteiger partial charge >= 0.3 is 0 Å². The summed E-state index contributed by atoms with van der Waals surface area (Å²) < 4.78 is 7.57. The second-order valence-electron chi connectivity index (χ2n) is 9.19. The number of anilines is 1. The van der Waals surface area contributed by atoms with Crippen LogP contribution in [-0.4, -0.2) is 29.6 Å². The van der Waals surface area contributed by atoms with Crippen LogP contribution >= 0.6 is 0 Å². The summed E-state index contributed by atoms with van der Waals surface area (Å²) in [7, 11) is 1.72. The van der Waals surface area contributed by atoms with E-state index in [1.54, 1.807) is 7.11 Å². The van der Waals surface area contributed by atoms with Gasteiger partial charge in [0, 0.05) is 42.7 Å². The highest BCUT2D eigenvalue weighted by Gasteiger charge is 2.27. The molecule has 0 unspecified atom stereocenters. The molecule has 1 aromatic heterocycles. The summed E-state index contributed by atoms with van der Waals surface area (Å²) in [6.07, 6.45) is 5.89. The fourth-order valence-electron chi connectivity index (χ4n) is 4.80. The Hall–Kier alpha value is -3.12. The first-order chi connectivity index (χ1) is 16.6. The van der Waals surface area contributed by atoms with E-state index in [0.29, 0.717) is 12.2 Å². The minimum atomic E-state index is -0.0884. The van der Waals surface area contributed by atoms with Gasteiger partial charge in [-0.3, -0.25) is 9.59 Å². The molecule has 0 bridgehead atoms. The number of aromatic nitrogens is 1. The number of methoxy groups -OCH3 is 1. The Morgan fingerprint density at radius 2 is 1.91 bits per heavy atom. The van der Waals surface area contributed by atoms with Crippen LogP contribution in [0.1, 0.15) is 61.5 Å². The van der Waals surface area contributed by atoms with E-state index in [1.165, 1.54) is 0 Å². The Labute approximate surface area is 201 Å². The lowest BCUT2D eigenvalue weighted by Gasteiger charge is -2.27. The van der Waals surface area contributed by atoms with E-state index in [1.807, 2.05) is 54.6 Å². The van der Waals surface area contributed by atoms with Crippen LogP contribution in [0.25, 0.3) is 10.9 Å². The normalized spacial score (nSPS) is 18.1. The maximum atomic E-state index is 13.1. The van der Waals surface area contributed by atoms with Crippen molar-refractivity contribution in [2.24, 2.45) is 5.92 Å². The monoisotopic (exact) mass is 461 g/mol. The number of fused-ring (bicyclic) bond motifs is 1. The van der Waals surface area contributed by atoms with Gasteiger partial charge in [-0.2, -0.15) is 0 Å². The molecule has 34 heavy (non-hydrogen) atoms. The highest BCUT2D eigenvalue weighted by molar-refractivity contribution is 6.00. The zero-order valence-electron chi connectivity index (χ0n) is 20.2. The van der Waals surface area contributed by atoms with Gasteiger partial charge in [0.15, 0.2) is 0 Å². The van der Waals surface area contributed by atoms with Crippen LogP contribution in [0, 0.1) is 5.92 Å². The molecule has 6 heteroatoms. The van der Waals surface area contributed by atoms with Crippen molar-refractivity contribution in [2.75, 3.05) is 12.4 Å². The molecule has 0 saturated heterocycles. The number of unbranched alkanes of at least 4 members (excludes halogenated alkanes) is 1. The Balaban J connectivity index is 1.52. The van der Waals surface area contributed by atoms with Crippen molar-refractivity contribution in [3.8, 4) is 0 Å². The molecule has 4 rings (SSSR count). The Kier molecular flexibility index (Phi) is 8.01. The lowest BCUT2D eigenvalue weighted by molar-refractivity contribution is -0.122. The predicted molar refractivity (Wildman–Crippen MR) is 136 cm³/mol.